The molecule has 7 nitrogen and oxygen atoms in total. The molecule has 1 saturated carbocycles. The highest BCUT2D eigenvalue weighted by atomic mass is 35.5. The summed E-state index contributed by atoms with van der Waals surface area (Å²) < 4.78 is 21.5. The lowest BCUT2D eigenvalue weighted by atomic mass is 9.89. The summed E-state index contributed by atoms with van der Waals surface area (Å²) in [6.45, 7) is 1.73. The number of aryl methyl sites for hydroxylation is 1. The quantitative estimate of drug-likeness (QED) is 0.290. The van der Waals surface area contributed by atoms with Crippen molar-refractivity contribution in [3.8, 4) is 11.5 Å². The Balaban J connectivity index is 1.65. The monoisotopic (exact) mass is 501 g/mol. The van der Waals surface area contributed by atoms with E-state index < -0.39 is 13.4 Å². The van der Waals surface area contributed by atoms with E-state index in [0.717, 1.165) is 35.5 Å². The van der Waals surface area contributed by atoms with Crippen molar-refractivity contribution in [1.29, 1.82) is 0 Å². The number of benzene rings is 2. The number of hydrogen-bond acceptors (Lipinski definition) is 6. The molecule has 1 atom stereocenters. The fourth-order valence-electron chi connectivity index (χ4n) is 3.31. The van der Waals surface area contributed by atoms with E-state index >= 15 is 0 Å². The van der Waals surface area contributed by atoms with Gasteiger partial charge in [-0.25, -0.2) is 4.57 Å². The van der Waals surface area contributed by atoms with Crippen LogP contribution in [0.2, 0.25) is 5.02 Å². The topological polar surface area (TPSA) is 122 Å². The number of phenols is 1. The van der Waals surface area contributed by atoms with E-state index in [-0.39, 0.29) is 18.5 Å². The summed E-state index contributed by atoms with van der Waals surface area (Å²) in [6.07, 6.45) is 4.74. The van der Waals surface area contributed by atoms with Gasteiger partial charge in [-0.15, -0.1) is 0 Å². The molecule has 0 aromatic heterocycles. The SMILES string of the molecule is CCCC(N)(CCc1ccc(Sc2cc(OC3CC3)ccc2O)cc1Cl)COP(=O)(O)O. The Morgan fingerprint density at radius 3 is 2.59 bits per heavy atom. The molecule has 1 aliphatic rings. The number of ether oxygens (including phenoxy) is 1. The molecule has 0 spiro atoms. The number of aromatic hydroxyl groups is 1. The lowest BCUT2D eigenvalue weighted by molar-refractivity contribution is 0.141. The summed E-state index contributed by atoms with van der Waals surface area (Å²) in [5, 5.41) is 10.8. The molecule has 0 radical (unpaired) electrons. The van der Waals surface area contributed by atoms with Gasteiger partial charge in [-0.1, -0.05) is 42.8 Å². The number of phosphoric acid groups is 1. The van der Waals surface area contributed by atoms with Gasteiger partial charge in [0.15, 0.2) is 0 Å². The van der Waals surface area contributed by atoms with Gasteiger partial charge < -0.3 is 25.4 Å². The average Bonchev–Trinajstić information content (AvgIpc) is 3.52. The number of halogens is 1. The average molecular weight is 502 g/mol. The van der Waals surface area contributed by atoms with Gasteiger partial charge in [-0.05, 0) is 68.0 Å². The molecule has 0 aliphatic heterocycles. The molecule has 0 bridgehead atoms. The zero-order chi connectivity index (χ0) is 23.4. The largest absolute Gasteiger partial charge is 0.507 e. The van der Waals surface area contributed by atoms with Crippen LogP contribution in [0.25, 0.3) is 0 Å². The third-order valence-corrected chi connectivity index (χ3v) is 7.02. The van der Waals surface area contributed by atoms with Gasteiger partial charge in [0, 0.05) is 15.5 Å². The summed E-state index contributed by atoms with van der Waals surface area (Å²) >= 11 is 7.90. The van der Waals surface area contributed by atoms with E-state index in [1.54, 1.807) is 12.1 Å². The fraction of sp³-hybridized carbons (Fsp3) is 0.455. The first-order valence-electron chi connectivity index (χ1n) is 10.5. The van der Waals surface area contributed by atoms with Crippen molar-refractivity contribution in [3.63, 3.8) is 0 Å². The number of phenolic OH excluding ortho intramolecular Hbond substituents is 1. The standard InChI is InChI=1S/C22H29ClNO6PS/c1-2-10-22(24,14-29-31(26,27)28)11-9-15-3-7-18(13-19(15)23)32-21-12-17(6-8-20(21)25)30-16-4-5-16/h3,6-8,12-13,16,25H,2,4-5,9-11,14,24H2,1H3,(H2,26,27,28). The van der Waals surface area contributed by atoms with Crippen LogP contribution in [0.3, 0.4) is 0 Å². The van der Waals surface area contributed by atoms with Crippen LogP contribution in [0.15, 0.2) is 46.2 Å². The fourth-order valence-corrected chi connectivity index (χ4v) is 4.99. The molecule has 32 heavy (non-hydrogen) atoms. The molecular formula is C22H29ClNO6PS. The first kappa shape index (κ1) is 25.4. The number of rotatable bonds is 12. The van der Waals surface area contributed by atoms with Crippen LogP contribution < -0.4 is 10.5 Å². The van der Waals surface area contributed by atoms with Crippen LogP contribution in [-0.2, 0) is 15.5 Å². The van der Waals surface area contributed by atoms with E-state index in [9.17, 15) is 9.67 Å². The van der Waals surface area contributed by atoms with E-state index in [1.165, 1.54) is 11.8 Å². The molecular weight excluding hydrogens is 473 g/mol. The van der Waals surface area contributed by atoms with E-state index in [1.807, 2.05) is 31.2 Å². The smallest absolute Gasteiger partial charge is 0.469 e. The van der Waals surface area contributed by atoms with Crippen molar-refractivity contribution in [2.75, 3.05) is 6.61 Å². The van der Waals surface area contributed by atoms with E-state index in [4.69, 9.17) is 31.9 Å². The molecule has 2 aromatic rings. The third-order valence-electron chi connectivity index (χ3n) is 5.17. The van der Waals surface area contributed by atoms with Gasteiger partial charge in [-0.3, -0.25) is 4.52 Å². The molecule has 5 N–H and O–H groups in total. The van der Waals surface area contributed by atoms with Crippen LogP contribution in [0.5, 0.6) is 11.5 Å². The summed E-state index contributed by atoms with van der Waals surface area (Å²) in [5.41, 5.74) is 6.38. The zero-order valence-corrected chi connectivity index (χ0v) is 20.3. The first-order valence-corrected chi connectivity index (χ1v) is 13.2. The second-order valence-electron chi connectivity index (χ2n) is 8.18. The summed E-state index contributed by atoms with van der Waals surface area (Å²) in [4.78, 5) is 19.6. The minimum absolute atomic E-state index is 0.177. The van der Waals surface area contributed by atoms with Crippen molar-refractivity contribution in [2.24, 2.45) is 5.73 Å². The number of hydrogen-bond donors (Lipinski definition) is 4. The molecule has 0 amide bonds. The van der Waals surface area contributed by atoms with Crippen molar-refractivity contribution in [2.45, 2.75) is 66.9 Å². The molecule has 1 unspecified atom stereocenters. The van der Waals surface area contributed by atoms with Crippen LogP contribution >= 0.6 is 31.2 Å². The molecule has 2 aromatic carbocycles. The second kappa shape index (κ2) is 10.8. The van der Waals surface area contributed by atoms with Gasteiger partial charge >= 0.3 is 7.82 Å². The van der Waals surface area contributed by atoms with Crippen LogP contribution in [-0.4, -0.2) is 33.1 Å². The lowest BCUT2D eigenvalue weighted by Crippen LogP contribution is -2.44. The Kier molecular flexibility index (Phi) is 8.55. The highest BCUT2D eigenvalue weighted by molar-refractivity contribution is 7.99. The highest BCUT2D eigenvalue weighted by Gasteiger charge is 2.28. The van der Waals surface area contributed by atoms with Gasteiger partial charge in [0.05, 0.1) is 17.6 Å². The Bertz CT molecular complexity index is 983. The van der Waals surface area contributed by atoms with Crippen LogP contribution in [0.4, 0.5) is 0 Å². The van der Waals surface area contributed by atoms with Crippen molar-refractivity contribution >= 4 is 31.2 Å². The Labute approximate surface area is 197 Å². The second-order valence-corrected chi connectivity index (χ2v) is 10.9. The predicted molar refractivity (Wildman–Crippen MR) is 125 cm³/mol. The minimum atomic E-state index is -4.58. The van der Waals surface area contributed by atoms with Gasteiger partial charge in [0.1, 0.15) is 11.5 Å². The third kappa shape index (κ3) is 7.96. The Morgan fingerprint density at radius 2 is 1.97 bits per heavy atom. The van der Waals surface area contributed by atoms with E-state index in [2.05, 4.69) is 4.52 Å². The van der Waals surface area contributed by atoms with Gasteiger partial charge in [0.2, 0.25) is 0 Å². The molecule has 1 fully saturated rings. The maximum atomic E-state index is 11.1. The first-order chi connectivity index (χ1) is 15.1. The predicted octanol–water partition coefficient (Wildman–Crippen LogP) is 5.28. The molecule has 176 valence electrons. The zero-order valence-electron chi connectivity index (χ0n) is 17.9. The number of phosphoric ester groups is 1. The highest BCUT2D eigenvalue weighted by Crippen LogP contribution is 2.40. The summed E-state index contributed by atoms with van der Waals surface area (Å²) in [7, 11) is -4.58. The molecule has 1 aliphatic carbocycles. The van der Waals surface area contributed by atoms with Crippen molar-refractivity contribution in [3.05, 3.63) is 47.0 Å². The van der Waals surface area contributed by atoms with Crippen LogP contribution in [0, 0.1) is 0 Å². The Morgan fingerprint density at radius 1 is 1.22 bits per heavy atom. The molecule has 0 saturated heterocycles. The summed E-state index contributed by atoms with van der Waals surface area (Å²) in [5.74, 6) is 0.916. The van der Waals surface area contributed by atoms with Crippen molar-refractivity contribution in [1.82, 2.24) is 0 Å². The number of nitrogens with two attached hydrogens (primary N) is 1. The molecule has 10 heteroatoms. The van der Waals surface area contributed by atoms with Gasteiger partial charge in [-0.2, -0.15) is 0 Å². The Hall–Kier alpha value is -1.25. The normalized spacial score (nSPS) is 16.0. The molecule has 3 rings (SSSR count). The van der Waals surface area contributed by atoms with Crippen LogP contribution in [0.1, 0.15) is 44.6 Å². The maximum Gasteiger partial charge on any atom is 0.469 e. The molecule has 0 heterocycles. The van der Waals surface area contributed by atoms with E-state index in [0.29, 0.717) is 29.2 Å². The van der Waals surface area contributed by atoms with Gasteiger partial charge in [0.25, 0.3) is 0 Å². The van der Waals surface area contributed by atoms with Crippen molar-refractivity contribution < 1.29 is 28.7 Å². The maximum absolute atomic E-state index is 11.1. The lowest BCUT2D eigenvalue weighted by Gasteiger charge is -2.29. The minimum Gasteiger partial charge on any atom is -0.507 e. The summed E-state index contributed by atoms with van der Waals surface area (Å²) in [6, 6.07) is 10.9.